The van der Waals surface area contributed by atoms with E-state index in [0.29, 0.717) is 0 Å². The fourth-order valence-corrected chi connectivity index (χ4v) is 5.44. The van der Waals surface area contributed by atoms with Crippen molar-refractivity contribution in [1.82, 2.24) is 0 Å². The number of carbonyl (C=O) groups excluding carboxylic acids is 3. The minimum atomic E-state index is -1.11. The molecule has 0 spiro atoms. The number of aliphatic hydroxyl groups excluding tert-OH is 1. The second kappa shape index (κ2) is 21.1. The predicted octanol–water partition coefficient (Wildman–Crippen LogP) is 0.359. The average Bonchev–Trinajstić information content (AvgIpc) is 2.61. The summed E-state index contributed by atoms with van der Waals surface area (Å²) in [5.74, 6) is -2.94. The Balaban J connectivity index is 0. The molecule has 0 heterocycles. The van der Waals surface area contributed by atoms with E-state index in [9.17, 15) is 24.6 Å². The fourth-order valence-electron chi connectivity index (χ4n) is 2.83. The number of aliphatic carboxylic acids is 2. The molecule has 0 fully saturated rings. The molecule has 0 aromatic heterocycles. The van der Waals surface area contributed by atoms with E-state index >= 15 is 0 Å². The maximum atomic E-state index is 10.8. The third kappa shape index (κ3) is 22.4. The van der Waals surface area contributed by atoms with Gasteiger partial charge in [-0.3, -0.25) is 4.79 Å². The summed E-state index contributed by atoms with van der Waals surface area (Å²) in [6.45, 7) is 1.37. The van der Waals surface area contributed by atoms with Gasteiger partial charge in [0.2, 0.25) is 0 Å². The normalized spacial score (nSPS) is 13.4. The van der Waals surface area contributed by atoms with Crippen LogP contribution in [0.1, 0.15) is 51.9 Å². The van der Waals surface area contributed by atoms with Crippen molar-refractivity contribution in [3.8, 4) is 0 Å². The molecule has 4 unspecified atom stereocenters. The van der Waals surface area contributed by atoms with Gasteiger partial charge in [0.05, 0.1) is 6.61 Å². The standard InChI is InChI=1S/C19H36O7P2.Pd/c1-15(21)26-14-17(12-19(24)25)6-3-8-28-10-4-9-27-7-2-5-16(13-20)11-18(22)23;/h16-17,20,27-28H,2-14H2,1H3,(H,22,23)(H,24,25);/q;+2/p-2. The first-order chi connectivity index (χ1) is 13.3. The van der Waals surface area contributed by atoms with E-state index in [1.165, 1.54) is 25.7 Å². The Bertz CT molecular complexity index is 452. The van der Waals surface area contributed by atoms with Gasteiger partial charge in [-0.1, -0.05) is 0 Å². The van der Waals surface area contributed by atoms with Crippen LogP contribution in [0.3, 0.4) is 0 Å². The number of carboxylic acids is 2. The molecule has 29 heavy (non-hydrogen) atoms. The molecular formula is C19H34O7P2Pd. The van der Waals surface area contributed by atoms with Gasteiger partial charge < -0.3 is 29.6 Å². The molecular weight excluding hydrogens is 509 g/mol. The summed E-state index contributed by atoms with van der Waals surface area (Å²) in [5, 5.41) is 30.4. The molecule has 172 valence electrons. The van der Waals surface area contributed by atoms with E-state index in [-0.39, 0.29) is 58.3 Å². The number of carbonyl (C=O) groups is 3. The van der Waals surface area contributed by atoms with Gasteiger partial charge in [-0.05, 0) is 81.4 Å². The van der Waals surface area contributed by atoms with Gasteiger partial charge in [0.15, 0.2) is 0 Å². The molecule has 0 aromatic rings. The van der Waals surface area contributed by atoms with Crippen LogP contribution in [0, 0.1) is 11.8 Å². The molecule has 1 N–H and O–H groups in total. The van der Waals surface area contributed by atoms with Gasteiger partial charge in [-0.15, -0.1) is 17.2 Å². The zero-order valence-corrected chi connectivity index (χ0v) is 20.6. The number of carboxylic acid groups (broad SMARTS) is 2. The molecule has 0 aromatic carbocycles. The van der Waals surface area contributed by atoms with Crippen molar-refractivity contribution in [3.63, 3.8) is 0 Å². The van der Waals surface area contributed by atoms with Crippen molar-refractivity contribution in [1.29, 1.82) is 0 Å². The Morgan fingerprint density at radius 3 is 1.76 bits per heavy atom. The minimum absolute atomic E-state index is 0. The molecule has 0 radical (unpaired) electrons. The van der Waals surface area contributed by atoms with Crippen LogP contribution < -0.4 is 10.2 Å². The molecule has 10 heteroatoms. The molecule has 0 rings (SSSR count). The second-order valence-corrected chi connectivity index (χ2v) is 10.0. The first-order valence-corrected chi connectivity index (χ1v) is 12.7. The van der Waals surface area contributed by atoms with Crippen LogP contribution in [-0.4, -0.2) is 60.9 Å². The van der Waals surface area contributed by atoms with Crippen LogP contribution in [0.25, 0.3) is 0 Å². The van der Waals surface area contributed by atoms with Crippen LogP contribution in [0.15, 0.2) is 0 Å². The SMILES string of the molecule is CC(=O)OCC(CCCPCCCPCCCC(CO)CC(=O)[O-])CC(=O)[O-].[Pd+2]. The zero-order chi connectivity index (χ0) is 21.2. The molecule has 7 nitrogen and oxygen atoms in total. The fraction of sp³-hybridized carbons (Fsp3) is 0.842. The molecule has 0 aliphatic heterocycles. The van der Waals surface area contributed by atoms with Crippen LogP contribution >= 0.6 is 17.2 Å². The Kier molecular flexibility index (Phi) is 22.7. The Morgan fingerprint density at radius 1 is 0.862 bits per heavy atom. The van der Waals surface area contributed by atoms with Crippen LogP contribution in [0.4, 0.5) is 0 Å². The van der Waals surface area contributed by atoms with Gasteiger partial charge in [0.1, 0.15) is 0 Å². The summed E-state index contributed by atoms with van der Waals surface area (Å²) in [5.41, 5.74) is 0. The smallest absolute Gasteiger partial charge is 0.550 e. The predicted molar refractivity (Wildman–Crippen MR) is 109 cm³/mol. The molecule has 0 saturated heterocycles. The number of hydrogen-bond donors (Lipinski definition) is 1. The van der Waals surface area contributed by atoms with Crippen LogP contribution in [0.2, 0.25) is 0 Å². The molecule has 4 atom stereocenters. The Hall–Kier alpha value is -0.108. The van der Waals surface area contributed by atoms with Gasteiger partial charge in [0, 0.05) is 25.5 Å². The number of aliphatic hydroxyl groups is 1. The Labute approximate surface area is 191 Å². The summed E-state index contributed by atoms with van der Waals surface area (Å²) < 4.78 is 4.92. The summed E-state index contributed by atoms with van der Waals surface area (Å²) in [4.78, 5) is 32.1. The van der Waals surface area contributed by atoms with Crippen molar-refractivity contribution in [3.05, 3.63) is 0 Å². The van der Waals surface area contributed by atoms with Crippen molar-refractivity contribution < 1.29 is 54.9 Å². The molecule has 0 amide bonds. The van der Waals surface area contributed by atoms with E-state index in [1.54, 1.807) is 0 Å². The van der Waals surface area contributed by atoms with E-state index in [2.05, 4.69) is 0 Å². The van der Waals surface area contributed by atoms with E-state index in [4.69, 9.17) is 9.84 Å². The average molecular weight is 543 g/mol. The van der Waals surface area contributed by atoms with Gasteiger partial charge in [-0.25, -0.2) is 0 Å². The summed E-state index contributed by atoms with van der Waals surface area (Å²) >= 11 is 0. The second-order valence-electron chi connectivity index (χ2n) is 7.01. The monoisotopic (exact) mass is 542 g/mol. The number of esters is 1. The summed E-state index contributed by atoms with van der Waals surface area (Å²) in [6, 6.07) is 0. The van der Waals surface area contributed by atoms with Gasteiger partial charge >= 0.3 is 26.4 Å². The van der Waals surface area contributed by atoms with Crippen molar-refractivity contribution >= 4 is 35.1 Å². The first-order valence-electron chi connectivity index (χ1n) is 9.90. The quantitative estimate of drug-likeness (QED) is 0.108. The van der Waals surface area contributed by atoms with Crippen molar-refractivity contribution in [2.45, 2.75) is 51.9 Å². The van der Waals surface area contributed by atoms with E-state index in [1.807, 2.05) is 0 Å². The largest absolute Gasteiger partial charge is 2.00 e. The van der Waals surface area contributed by atoms with Crippen LogP contribution in [0.5, 0.6) is 0 Å². The molecule has 0 aliphatic carbocycles. The maximum absolute atomic E-state index is 10.8. The topological polar surface area (TPSA) is 127 Å². The van der Waals surface area contributed by atoms with Gasteiger partial charge in [-0.2, -0.15) is 0 Å². The molecule has 0 saturated carbocycles. The van der Waals surface area contributed by atoms with E-state index in [0.717, 1.165) is 55.2 Å². The third-order valence-electron chi connectivity index (χ3n) is 4.33. The van der Waals surface area contributed by atoms with Crippen molar-refractivity contribution in [2.24, 2.45) is 11.8 Å². The molecule has 0 aliphatic rings. The zero-order valence-electron chi connectivity index (χ0n) is 17.1. The molecule has 0 bridgehead atoms. The first kappa shape index (κ1) is 31.1. The maximum Gasteiger partial charge on any atom is 2.00 e. The number of hydrogen-bond acceptors (Lipinski definition) is 7. The summed E-state index contributed by atoms with van der Waals surface area (Å²) in [6.07, 6.45) is 8.87. The number of rotatable bonds is 19. The summed E-state index contributed by atoms with van der Waals surface area (Å²) in [7, 11) is 1.73. The minimum Gasteiger partial charge on any atom is -0.550 e. The van der Waals surface area contributed by atoms with Gasteiger partial charge in [0.25, 0.3) is 0 Å². The Morgan fingerprint density at radius 2 is 1.31 bits per heavy atom. The number of ether oxygens (including phenoxy) is 1. The van der Waals surface area contributed by atoms with E-state index < -0.39 is 17.9 Å². The van der Waals surface area contributed by atoms with Crippen LogP contribution in [-0.2, 0) is 39.5 Å². The third-order valence-corrected chi connectivity index (χ3v) is 7.16. The van der Waals surface area contributed by atoms with Crippen molar-refractivity contribution in [2.75, 3.05) is 37.9 Å².